The Hall–Kier alpha value is -3.93. The number of carbonyl (C=O) groups excluding carboxylic acids is 3. The van der Waals surface area contributed by atoms with Crippen LogP contribution in [0.4, 0.5) is 22.4 Å². The zero-order chi connectivity index (χ0) is 28.3. The standard InChI is InChI=1S/C27H28F4N4O4/c1-3-39-25(37)22-21(33(2)26(38)32-23(22)18-5-4-6-20(28)15-18)16-34-11-13-35(14-12-34)24(36)17-7-9-19(10-8-17)27(29,30)31/h4-10,15,23H,3,11-14,16H2,1-2H3,(H,32,38)/t23-/m0/s1. The van der Waals surface area contributed by atoms with Crippen LogP contribution in [-0.4, -0.2) is 79.0 Å². The number of ether oxygens (including phenoxy) is 1. The molecule has 8 nitrogen and oxygen atoms in total. The van der Waals surface area contributed by atoms with Gasteiger partial charge in [0, 0.05) is 51.0 Å². The first-order valence-corrected chi connectivity index (χ1v) is 12.4. The molecule has 0 bridgehead atoms. The van der Waals surface area contributed by atoms with Gasteiger partial charge in [0.05, 0.1) is 23.8 Å². The number of alkyl halides is 3. The number of hydrogen-bond acceptors (Lipinski definition) is 5. The van der Waals surface area contributed by atoms with Gasteiger partial charge in [0.2, 0.25) is 0 Å². The maximum atomic E-state index is 14.0. The summed E-state index contributed by atoms with van der Waals surface area (Å²) in [6, 6.07) is 8.32. The van der Waals surface area contributed by atoms with E-state index in [4.69, 9.17) is 4.74 Å². The smallest absolute Gasteiger partial charge is 0.416 e. The largest absolute Gasteiger partial charge is 0.463 e. The highest BCUT2D eigenvalue weighted by atomic mass is 19.4. The fourth-order valence-electron chi connectivity index (χ4n) is 4.64. The maximum absolute atomic E-state index is 14.0. The first-order chi connectivity index (χ1) is 18.5. The maximum Gasteiger partial charge on any atom is 0.416 e. The Labute approximate surface area is 222 Å². The van der Waals surface area contributed by atoms with E-state index < -0.39 is 35.6 Å². The second-order valence-corrected chi connectivity index (χ2v) is 9.22. The van der Waals surface area contributed by atoms with E-state index in [1.807, 2.05) is 4.90 Å². The summed E-state index contributed by atoms with van der Waals surface area (Å²) in [6.45, 7) is 3.34. The van der Waals surface area contributed by atoms with E-state index in [0.29, 0.717) is 37.4 Å². The minimum atomic E-state index is -4.48. The van der Waals surface area contributed by atoms with Crippen molar-refractivity contribution < 1.29 is 36.7 Å². The molecule has 0 aromatic heterocycles. The molecule has 208 valence electrons. The van der Waals surface area contributed by atoms with Gasteiger partial charge in [-0.25, -0.2) is 14.0 Å². The molecule has 0 aliphatic carbocycles. The van der Waals surface area contributed by atoms with Gasteiger partial charge in [-0.3, -0.25) is 14.6 Å². The summed E-state index contributed by atoms with van der Waals surface area (Å²) in [7, 11) is 1.52. The molecule has 0 unspecified atom stereocenters. The van der Waals surface area contributed by atoms with Gasteiger partial charge in [-0.2, -0.15) is 13.2 Å². The van der Waals surface area contributed by atoms with Crippen molar-refractivity contribution in [2.75, 3.05) is 46.4 Å². The Morgan fingerprint density at radius 2 is 1.72 bits per heavy atom. The molecule has 0 radical (unpaired) electrons. The van der Waals surface area contributed by atoms with E-state index in [1.165, 1.54) is 30.1 Å². The van der Waals surface area contributed by atoms with E-state index in [2.05, 4.69) is 5.32 Å². The average Bonchev–Trinajstić information content (AvgIpc) is 2.91. The lowest BCUT2D eigenvalue weighted by molar-refractivity contribution is -0.139. The second-order valence-electron chi connectivity index (χ2n) is 9.22. The van der Waals surface area contributed by atoms with E-state index in [-0.39, 0.29) is 30.2 Å². The summed E-state index contributed by atoms with van der Waals surface area (Å²) in [5.74, 6) is -1.53. The van der Waals surface area contributed by atoms with Gasteiger partial charge in [-0.15, -0.1) is 0 Å². The Bertz CT molecular complexity index is 1270. The van der Waals surface area contributed by atoms with Crippen LogP contribution in [0.3, 0.4) is 0 Å². The third-order valence-electron chi connectivity index (χ3n) is 6.75. The predicted octanol–water partition coefficient (Wildman–Crippen LogP) is 3.82. The summed E-state index contributed by atoms with van der Waals surface area (Å²) in [6.07, 6.45) is -4.48. The summed E-state index contributed by atoms with van der Waals surface area (Å²) < 4.78 is 57.8. The molecule has 2 aliphatic rings. The van der Waals surface area contributed by atoms with Crippen molar-refractivity contribution in [3.05, 3.63) is 82.3 Å². The Morgan fingerprint density at radius 1 is 1.05 bits per heavy atom. The Kier molecular flexibility index (Phi) is 8.24. The van der Waals surface area contributed by atoms with Crippen LogP contribution in [0.1, 0.15) is 34.5 Å². The van der Waals surface area contributed by atoms with Crippen LogP contribution in [0.15, 0.2) is 59.8 Å². The molecule has 4 rings (SSSR count). The van der Waals surface area contributed by atoms with E-state index in [1.54, 1.807) is 17.9 Å². The fourth-order valence-corrected chi connectivity index (χ4v) is 4.64. The minimum Gasteiger partial charge on any atom is -0.463 e. The highest BCUT2D eigenvalue weighted by molar-refractivity contribution is 5.95. The van der Waals surface area contributed by atoms with Gasteiger partial charge in [-0.05, 0) is 48.9 Å². The normalized spacial score (nSPS) is 18.7. The number of likely N-dealkylation sites (N-methyl/N-ethyl adjacent to an activating group) is 1. The van der Waals surface area contributed by atoms with Crippen LogP contribution in [0.5, 0.6) is 0 Å². The molecule has 2 aliphatic heterocycles. The molecule has 1 atom stereocenters. The van der Waals surface area contributed by atoms with Crippen molar-refractivity contribution in [1.29, 1.82) is 0 Å². The second kappa shape index (κ2) is 11.4. The first-order valence-electron chi connectivity index (χ1n) is 12.4. The van der Waals surface area contributed by atoms with E-state index in [0.717, 1.165) is 24.3 Å². The van der Waals surface area contributed by atoms with Crippen LogP contribution in [0, 0.1) is 5.82 Å². The summed E-state index contributed by atoms with van der Waals surface area (Å²) >= 11 is 0. The third kappa shape index (κ3) is 6.22. The van der Waals surface area contributed by atoms with Crippen LogP contribution in [-0.2, 0) is 15.7 Å². The number of urea groups is 1. The highest BCUT2D eigenvalue weighted by Gasteiger charge is 2.38. The lowest BCUT2D eigenvalue weighted by Gasteiger charge is -2.39. The van der Waals surface area contributed by atoms with Crippen LogP contribution >= 0.6 is 0 Å². The molecule has 2 aromatic rings. The van der Waals surface area contributed by atoms with Gasteiger partial charge in [0.15, 0.2) is 0 Å². The number of carbonyl (C=O) groups is 3. The number of benzene rings is 2. The van der Waals surface area contributed by atoms with Crippen molar-refractivity contribution in [2.24, 2.45) is 0 Å². The number of esters is 1. The third-order valence-corrected chi connectivity index (χ3v) is 6.75. The highest BCUT2D eigenvalue weighted by Crippen LogP contribution is 2.32. The summed E-state index contributed by atoms with van der Waals surface area (Å²) in [5, 5.41) is 2.74. The lowest BCUT2D eigenvalue weighted by Crippen LogP contribution is -2.53. The number of hydrogen-bond donors (Lipinski definition) is 1. The van der Waals surface area contributed by atoms with Crippen molar-refractivity contribution in [2.45, 2.75) is 19.1 Å². The number of rotatable bonds is 6. The quantitative estimate of drug-likeness (QED) is 0.439. The number of amides is 3. The SMILES string of the molecule is CCOC(=O)C1=C(CN2CCN(C(=O)c3ccc(C(F)(F)F)cc3)CC2)N(C)C(=O)N[C@H]1c1cccc(F)c1. The topological polar surface area (TPSA) is 82.2 Å². The monoisotopic (exact) mass is 548 g/mol. The van der Waals surface area contributed by atoms with Gasteiger partial charge < -0.3 is 15.0 Å². The Morgan fingerprint density at radius 3 is 2.31 bits per heavy atom. The van der Waals surface area contributed by atoms with Crippen molar-refractivity contribution in [3.63, 3.8) is 0 Å². The molecule has 3 amide bonds. The van der Waals surface area contributed by atoms with Crippen molar-refractivity contribution in [3.8, 4) is 0 Å². The van der Waals surface area contributed by atoms with E-state index in [9.17, 15) is 31.9 Å². The summed E-state index contributed by atoms with van der Waals surface area (Å²) in [4.78, 5) is 43.6. The fraction of sp³-hybridized carbons (Fsp3) is 0.370. The van der Waals surface area contributed by atoms with Crippen molar-refractivity contribution >= 4 is 17.9 Å². The van der Waals surface area contributed by atoms with Crippen LogP contribution in [0.25, 0.3) is 0 Å². The van der Waals surface area contributed by atoms with Gasteiger partial charge in [0.1, 0.15) is 5.82 Å². The summed E-state index contributed by atoms with van der Waals surface area (Å²) in [5.41, 5.74) is 0.308. The number of nitrogens with one attached hydrogen (secondary N) is 1. The Balaban J connectivity index is 1.52. The molecule has 2 heterocycles. The number of nitrogens with zero attached hydrogens (tertiary/aromatic N) is 3. The molecule has 1 saturated heterocycles. The average molecular weight is 549 g/mol. The van der Waals surface area contributed by atoms with Gasteiger partial charge >= 0.3 is 18.2 Å². The molecular formula is C27H28F4N4O4. The van der Waals surface area contributed by atoms with Crippen LogP contribution in [0.2, 0.25) is 0 Å². The zero-order valence-electron chi connectivity index (χ0n) is 21.4. The van der Waals surface area contributed by atoms with Crippen LogP contribution < -0.4 is 5.32 Å². The first kappa shape index (κ1) is 28.1. The number of piperazine rings is 1. The lowest BCUT2D eigenvalue weighted by atomic mass is 9.94. The molecule has 0 saturated carbocycles. The van der Waals surface area contributed by atoms with Crippen molar-refractivity contribution in [1.82, 2.24) is 20.0 Å². The molecule has 0 spiro atoms. The van der Waals surface area contributed by atoms with Gasteiger partial charge in [-0.1, -0.05) is 12.1 Å². The van der Waals surface area contributed by atoms with E-state index >= 15 is 0 Å². The number of halogens is 4. The minimum absolute atomic E-state index is 0.105. The molecule has 12 heteroatoms. The van der Waals surface area contributed by atoms with Gasteiger partial charge in [0.25, 0.3) is 5.91 Å². The molecule has 1 fully saturated rings. The molecule has 1 N–H and O–H groups in total. The molecule has 39 heavy (non-hydrogen) atoms. The predicted molar refractivity (Wildman–Crippen MR) is 133 cm³/mol. The zero-order valence-corrected chi connectivity index (χ0v) is 21.4. The molecule has 2 aromatic carbocycles. The molecular weight excluding hydrogens is 520 g/mol.